The van der Waals surface area contributed by atoms with Crippen molar-refractivity contribution in [1.82, 2.24) is 0 Å². The van der Waals surface area contributed by atoms with Crippen molar-refractivity contribution >= 4 is 11.9 Å². The summed E-state index contributed by atoms with van der Waals surface area (Å²) in [5, 5.41) is 0. The first kappa shape index (κ1) is 67.3. The fourth-order valence-corrected chi connectivity index (χ4v) is 8.71. The summed E-state index contributed by atoms with van der Waals surface area (Å²) in [5.74, 6) is -0.402. The molecule has 0 aliphatic rings. The van der Waals surface area contributed by atoms with Gasteiger partial charge >= 0.3 is 11.9 Å². The number of allylic oxidation sites excluding steroid dienone is 12. The Bertz CT molecular complexity index is 1240. The number of ether oxygens (including phenoxy) is 3. The fourth-order valence-electron chi connectivity index (χ4n) is 8.71. The molecule has 5 heteroatoms. The van der Waals surface area contributed by atoms with Crippen molar-refractivity contribution in [1.29, 1.82) is 0 Å². The molecule has 0 N–H and O–H groups in total. The maximum atomic E-state index is 12.9. The van der Waals surface area contributed by atoms with Crippen molar-refractivity contribution in [2.24, 2.45) is 0 Å². The number of carbonyl (C=O) groups excluding carboxylic acids is 2. The van der Waals surface area contributed by atoms with Crippen molar-refractivity contribution in [2.75, 3.05) is 19.8 Å². The Hall–Kier alpha value is -2.66. The molecule has 1 atom stereocenters. The standard InChI is InChI=1S/C65H116O5/c1-4-7-10-13-16-19-22-25-28-31-33-35-37-40-43-46-49-52-55-58-64(66)69-62-63(61-68-60-57-54-51-48-45-42-39-36-32-29-26-23-20-17-14-11-8-5-2)70-65(67)59-56-53-50-47-44-41-38-34-30-27-24-21-18-15-12-9-6-3/h8,11,16-17,19-20,25-26,28-29,33,35,63H,4-7,9-10,12-15,18,21-24,27,30-32,34,36-62H2,1-3H3/b11-8-,19-16-,20-17-,28-25-,29-26-,35-33-. The summed E-state index contributed by atoms with van der Waals surface area (Å²) in [6.45, 7) is 7.71. The lowest BCUT2D eigenvalue weighted by atomic mass is 10.0. The average molecular weight is 978 g/mol. The predicted molar refractivity (Wildman–Crippen MR) is 307 cm³/mol. The van der Waals surface area contributed by atoms with Crippen LogP contribution < -0.4 is 0 Å². The molecule has 5 nitrogen and oxygen atoms in total. The molecule has 0 saturated carbocycles. The van der Waals surface area contributed by atoms with Gasteiger partial charge in [0.2, 0.25) is 0 Å². The molecule has 0 aliphatic carbocycles. The first-order valence-electron chi connectivity index (χ1n) is 30.5. The SMILES string of the molecule is CC/C=C\C/C=C\C/C=C\CCCCCCCCCCOCC(COC(=O)CCCCCCCC/C=C\C/C=C\C/C=C\CCCCC)OC(=O)CCCCCCCCCCCCCCCCCCC. The average Bonchev–Trinajstić information content (AvgIpc) is 3.36. The highest BCUT2D eigenvalue weighted by Gasteiger charge is 2.17. The van der Waals surface area contributed by atoms with E-state index in [9.17, 15) is 9.59 Å². The van der Waals surface area contributed by atoms with E-state index in [2.05, 4.69) is 93.7 Å². The predicted octanol–water partition coefficient (Wildman–Crippen LogP) is 21.0. The highest BCUT2D eigenvalue weighted by atomic mass is 16.6. The zero-order valence-electron chi connectivity index (χ0n) is 46.8. The van der Waals surface area contributed by atoms with Crippen molar-refractivity contribution in [3.8, 4) is 0 Å². The van der Waals surface area contributed by atoms with Crippen LogP contribution in [0.4, 0.5) is 0 Å². The van der Waals surface area contributed by atoms with Gasteiger partial charge in [-0.2, -0.15) is 0 Å². The van der Waals surface area contributed by atoms with E-state index in [0.717, 1.165) is 83.5 Å². The van der Waals surface area contributed by atoms with Crippen molar-refractivity contribution < 1.29 is 23.8 Å². The molecule has 70 heavy (non-hydrogen) atoms. The van der Waals surface area contributed by atoms with Crippen LogP contribution in [0.2, 0.25) is 0 Å². The Morgan fingerprint density at radius 1 is 0.329 bits per heavy atom. The summed E-state index contributed by atoms with van der Waals surface area (Å²) >= 11 is 0. The third-order valence-corrected chi connectivity index (χ3v) is 13.2. The first-order valence-corrected chi connectivity index (χ1v) is 30.5. The second-order valence-corrected chi connectivity index (χ2v) is 20.2. The summed E-state index contributed by atoms with van der Waals surface area (Å²) in [5.41, 5.74) is 0. The zero-order valence-corrected chi connectivity index (χ0v) is 46.8. The molecule has 0 fully saturated rings. The van der Waals surface area contributed by atoms with E-state index < -0.39 is 6.10 Å². The maximum Gasteiger partial charge on any atom is 0.306 e. The van der Waals surface area contributed by atoms with Gasteiger partial charge < -0.3 is 14.2 Å². The van der Waals surface area contributed by atoms with Gasteiger partial charge in [0, 0.05) is 19.4 Å². The molecule has 0 heterocycles. The van der Waals surface area contributed by atoms with Crippen LogP contribution in [0.1, 0.15) is 303 Å². The second kappa shape index (κ2) is 60.6. The molecule has 0 radical (unpaired) electrons. The smallest absolute Gasteiger partial charge is 0.306 e. The lowest BCUT2D eigenvalue weighted by molar-refractivity contribution is -0.163. The summed E-state index contributed by atoms with van der Waals surface area (Å²) in [4.78, 5) is 25.6. The van der Waals surface area contributed by atoms with Gasteiger partial charge in [-0.3, -0.25) is 9.59 Å². The Balaban J connectivity index is 4.30. The van der Waals surface area contributed by atoms with Gasteiger partial charge in [0.05, 0.1) is 6.61 Å². The molecule has 0 aromatic carbocycles. The normalized spacial score (nSPS) is 12.7. The minimum absolute atomic E-state index is 0.0763. The van der Waals surface area contributed by atoms with E-state index in [-0.39, 0.29) is 25.2 Å². The largest absolute Gasteiger partial charge is 0.462 e. The minimum Gasteiger partial charge on any atom is -0.462 e. The molecule has 0 saturated heterocycles. The van der Waals surface area contributed by atoms with Crippen LogP contribution in [0.3, 0.4) is 0 Å². The molecule has 1 unspecified atom stereocenters. The Morgan fingerprint density at radius 3 is 1.06 bits per heavy atom. The minimum atomic E-state index is -0.547. The molecule has 0 aliphatic heterocycles. The highest BCUT2D eigenvalue weighted by molar-refractivity contribution is 5.70. The van der Waals surface area contributed by atoms with E-state index in [4.69, 9.17) is 14.2 Å². The monoisotopic (exact) mass is 977 g/mol. The first-order chi connectivity index (χ1) is 34.6. The summed E-state index contributed by atoms with van der Waals surface area (Å²) in [6, 6.07) is 0. The van der Waals surface area contributed by atoms with Crippen LogP contribution >= 0.6 is 0 Å². The van der Waals surface area contributed by atoms with Gasteiger partial charge in [0.25, 0.3) is 0 Å². The van der Waals surface area contributed by atoms with Gasteiger partial charge in [-0.05, 0) is 89.9 Å². The van der Waals surface area contributed by atoms with E-state index in [1.54, 1.807) is 0 Å². The van der Waals surface area contributed by atoms with Gasteiger partial charge in [-0.15, -0.1) is 0 Å². The second-order valence-electron chi connectivity index (χ2n) is 20.2. The lowest BCUT2D eigenvalue weighted by Gasteiger charge is -2.18. The Labute approximate surface area is 436 Å². The van der Waals surface area contributed by atoms with Gasteiger partial charge in [-0.25, -0.2) is 0 Å². The molecule has 406 valence electrons. The van der Waals surface area contributed by atoms with E-state index >= 15 is 0 Å². The number of hydrogen-bond donors (Lipinski definition) is 0. The van der Waals surface area contributed by atoms with Crippen LogP contribution in [0.25, 0.3) is 0 Å². The molecule has 0 aromatic heterocycles. The van der Waals surface area contributed by atoms with E-state index in [1.165, 1.54) is 186 Å². The molecule has 0 bridgehead atoms. The van der Waals surface area contributed by atoms with Crippen LogP contribution in [-0.4, -0.2) is 37.9 Å². The van der Waals surface area contributed by atoms with Gasteiger partial charge in [0.15, 0.2) is 6.10 Å². The summed E-state index contributed by atoms with van der Waals surface area (Å²) < 4.78 is 17.5. The summed E-state index contributed by atoms with van der Waals surface area (Å²) in [7, 11) is 0. The van der Waals surface area contributed by atoms with Crippen LogP contribution in [-0.2, 0) is 23.8 Å². The lowest BCUT2D eigenvalue weighted by Crippen LogP contribution is -2.30. The summed E-state index contributed by atoms with van der Waals surface area (Å²) in [6.07, 6.45) is 79.3. The maximum absolute atomic E-state index is 12.9. The third kappa shape index (κ3) is 57.9. The molecular formula is C65H116O5. The van der Waals surface area contributed by atoms with Crippen molar-refractivity contribution in [3.05, 3.63) is 72.9 Å². The highest BCUT2D eigenvalue weighted by Crippen LogP contribution is 2.16. The zero-order chi connectivity index (χ0) is 50.6. The molecule has 0 spiro atoms. The molecular weight excluding hydrogens is 861 g/mol. The van der Waals surface area contributed by atoms with Crippen molar-refractivity contribution in [3.63, 3.8) is 0 Å². The third-order valence-electron chi connectivity index (χ3n) is 13.2. The topological polar surface area (TPSA) is 61.8 Å². The van der Waals surface area contributed by atoms with Crippen LogP contribution in [0, 0.1) is 0 Å². The number of rotatable bonds is 56. The molecule has 0 rings (SSSR count). The van der Waals surface area contributed by atoms with Gasteiger partial charge in [-0.1, -0.05) is 273 Å². The van der Waals surface area contributed by atoms with E-state index in [1.807, 2.05) is 0 Å². The quantitative estimate of drug-likeness (QED) is 0.0345. The number of esters is 2. The number of carbonyl (C=O) groups is 2. The Kier molecular flexibility index (Phi) is 58.3. The number of hydrogen-bond acceptors (Lipinski definition) is 5. The molecule has 0 amide bonds. The van der Waals surface area contributed by atoms with Crippen LogP contribution in [0.15, 0.2) is 72.9 Å². The Morgan fingerprint density at radius 2 is 0.643 bits per heavy atom. The van der Waals surface area contributed by atoms with Gasteiger partial charge in [0.1, 0.15) is 6.61 Å². The number of unbranched alkanes of at least 4 members (excludes halogenated alkanes) is 33. The van der Waals surface area contributed by atoms with E-state index in [0.29, 0.717) is 19.4 Å². The van der Waals surface area contributed by atoms with Crippen LogP contribution in [0.5, 0.6) is 0 Å². The molecule has 0 aromatic rings. The fraction of sp³-hybridized carbons (Fsp3) is 0.785. The van der Waals surface area contributed by atoms with Crippen molar-refractivity contribution in [2.45, 2.75) is 309 Å².